The Morgan fingerprint density at radius 1 is 1.22 bits per heavy atom. The number of sulfonamides is 1. The molecule has 8 nitrogen and oxygen atoms in total. The highest BCUT2D eigenvalue weighted by atomic mass is 32.2. The molecule has 1 aliphatic carbocycles. The van der Waals surface area contributed by atoms with Crippen LogP contribution in [0.25, 0.3) is 22.4 Å². The van der Waals surface area contributed by atoms with E-state index in [1.165, 1.54) is 10.6 Å². The molecule has 192 valence electrons. The van der Waals surface area contributed by atoms with Gasteiger partial charge in [-0.3, -0.25) is 13.3 Å². The molecule has 0 bridgehead atoms. The van der Waals surface area contributed by atoms with Crippen molar-refractivity contribution in [3.8, 4) is 11.3 Å². The maximum absolute atomic E-state index is 13.0. The van der Waals surface area contributed by atoms with Gasteiger partial charge in [0.25, 0.3) is 5.91 Å². The van der Waals surface area contributed by atoms with E-state index >= 15 is 0 Å². The van der Waals surface area contributed by atoms with Crippen molar-refractivity contribution in [2.24, 2.45) is 5.92 Å². The van der Waals surface area contributed by atoms with Crippen molar-refractivity contribution in [1.82, 2.24) is 10.3 Å². The second-order valence-electron chi connectivity index (χ2n) is 9.87. The molecule has 1 saturated heterocycles. The van der Waals surface area contributed by atoms with Gasteiger partial charge < -0.3 is 9.73 Å². The lowest BCUT2D eigenvalue weighted by Gasteiger charge is -2.25. The number of rotatable bonds is 8. The van der Waals surface area contributed by atoms with E-state index in [4.69, 9.17) is 9.40 Å². The number of nitrogens with one attached hydrogen (secondary N) is 1. The second kappa shape index (κ2) is 9.63. The van der Waals surface area contributed by atoms with Crippen LogP contribution in [0.2, 0.25) is 0 Å². The van der Waals surface area contributed by atoms with E-state index in [0.717, 1.165) is 36.0 Å². The van der Waals surface area contributed by atoms with Gasteiger partial charge in [0, 0.05) is 41.5 Å². The normalized spacial score (nSPS) is 20.1. The summed E-state index contributed by atoms with van der Waals surface area (Å²) in [6, 6.07) is 9.59. The van der Waals surface area contributed by atoms with Gasteiger partial charge in [-0.1, -0.05) is 29.8 Å². The third-order valence-corrected chi connectivity index (χ3v) is 9.72. The van der Waals surface area contributed by atoms with E-state index in [1.54, 1.807) is 7.05 Å². The Hall–Kier alpha value is -2.72. The summed E-state index contributed by atoms with van der Waals surface area (Å²) in [6.07, 6.45) is 4.55. The minimum absolute atomic E-state index is 0.190. The second-order valence-corrected chi connectivity index (χ2v) is 13.4. The molecular weight excluding hydrogens is 498 g/mol. The molecule has 2 aliphatic rings. The first kappa shape index (κ1) is 25.0. The van der Waals surface area contributed by atoms with Crippen molar-refractivity contribution in [3.05, 3.63) is 47.0 Å². The Morgan fingerprint density at radius 3 is 2.53 bits per heavy atom. The summed E-state index contributed by atoms with van der Waals surface area (Å²) >= 11 is 0. The lowest BCUT2D eigenvalue weighted by atomic mass is 10.0. The monoisotopic (exact) mass is 529 g/mol. The number of fused-ring (bicyclic) bond motifs is 1. The summed E-state index contributed by atoms with van der Waals surface area (Å²) in [5.41, 5.74) is 3.30. The van der Waals surface area contributed by atoms with Gasteiger partial charge in [0.05, 0.1) is 17.2 Å². The van der Waals surface area contributed by atoms with Crippen molar-refractivity contribution in [2.75, 3.05) is 35.7 Å². The number of nitrogens with zero attached hydrogens (tertiary/aromatic N) is 2. The first-order valence-corrected chi connectivity index (χ1v) is 15.6. The topological polar surface area (TPSA) is 110 Å². The smallest absolute Gasteiger partial charge is 0.255 e. The van der Waals surface area contributed by atoms with Crippen molar-refractivity contribution in [1.29, 1.82) is 0 Å². The molecule has 2 aromatic heterocycles. The summed E-state index contributed by atoms with van der Waals surface area (Å²) in [5, 5.41) is 3.28. The van der Waals surface area contributed by atoms with Gasteiger partial charge in [0.1, 0.15) is 11.6 Å². The molecule has 3 heterocycles. The number of pyridine rings is 1. The summed E-state index contributed by atoms with van der Waals surface area (Å²) in [5.74, 6) is 2.23. The molecule has 1 N–H and O–H groups in total. The SMILES string of the molecule is CNC(=O)c1c(-c2ccc(C)cc2)oc2nc(N(CCC3CCS(=O)C3)S(C)(=O)=O)c(C3CC3)cc12. The van der Waals surface area contributed by atoms with Gasteiger partial charge in [-0.25, -0.2) is 8.42 Å². The number of amides is 1. The lowest BCUT2D eigenvalue weighted by Crippen LogP contribution is -2.33. The van der Waals surface area contributed by atoms with Crippen LogP contribution < -0.4 is 9.62 Å². The average molecular weight is 530 g/mol. The summed E-state index contributed by atoms with van der Waals surface area (Å²) < 4.78 is 45.3. The number of aryl methyl sites for hydroxylation is 1. The molecule has 36 heavy (non-hydrogen) atoms. The summed E-state index contributed by atoms with van der Waals surface area (Å²) in [7, 11) is -2.87. The third-order valence-electron chi connectivity index (χ3n) is 7.03. The van der Waals surface area contributed by atoms with E-state index in [9.17, 15) is 17.4 Å². The van der Waals surface area contributed by atoms with E-state index in [-0.39, 0.29) is 30.0 Å². The number of carbonyl (C=O) groups is 1. The minimum atomic E-state index is -3.63. The van der Waals surface area contributed by atoms with Crippen LogP contribution in [0.1, 0.15) is 53.1 Å². The molecule has 0 radical (unpaired) electrons. The molecule has 1 aliphatic heterocycles. The number of furan rings is 1. The zero-order valence-corrected chi connectivity index (χ0v) is 22.4. The van der Waals surface area contributed by atoms with Crippen molar-refractivity contribution in [2.45, 2.75) is 38.5 Å². The van der Waals surface area contributed by atoms with Crippen LogP contribution in [0, 0.1) is 12.8 Å². The van der Waals surface area contributed by atoms with Gasteiger partial charge in [0.2, 0.25) is 15.7 Å². The van der Waals surface area contributed by atoms with Crippen molar-refractivity contribution < 1.29 is 21.8 Å². The third kappa shape index (κ3) is 4.93. The maximum atomic E-state index is 13.0. The van der Waals surface area contributed by atoms with E-state index in [0.29, 0.717) is 40.5 Å². The summed E-state index contributed by atoms with van der Waals surface area (Å²) in [4.78, 5) is 17.7. The molecule has 10 heteroatoms. The molecule has 3 aromatic rings. The molecule has 1 aromatic carbocycles. The fraction of sp³-hybridized carbons (Fsp3) is 0.462. The van der Waals surface area contributed by atoms with Crippen LogP contribution in [-0.2, 0) is 20.8 Å². The molecule has 2 atom stereocenters. The zero-order valence-electron chi connectivity index (χ0n) is 20.7. The molecule has 0 spiro atoms. The Bertz CT molecular complexity index is 1440. The Labute approximate surface area is 214 Å². The molecule has 1 saturated carbocycles. The van der Waals surface area contributed by atoms with Crippen LogP contribution in [-0.4, -0.2) is 54.9 Å². The van der Waals surface area contributed by atoms with E-state index < -0.39 is 20.8 Å². The van der Waals surface area contributed by atoms with Gasteiger partial charge in [0.15, 0.2) is 0 Å². The standard InChI is InChI=1S/C26H31N3O5S2/c1-16-4-6-19(7-5-16)23-22(25(30)27-2)21-14-20(18-8-9-18)24(28-26(21)34-23)29(36(3,32)33)12-10-17-11-13-35(31)15-17/h4-7,14,17-18H,8-13,15H2,1-3H3,(H,27,30). The largest absolute Gasteiger partial charge is 0.437 e. The van der Waals surface area contributed by atoms with Crippen molar-refractivity contribution in [3.63, 3.8) is 0 Å². The highest BCUT2D eigenvalue weighted by Gasteiger charge is 2.34. The van der Waals surface area contributed by atoms with Crippen LogP contribution in [0.4, 0.5) is 5.82 Å². The van der Waals surface area contributed by atoms with Crippen LogP contribution in [0.3, 0.4) is 0 Å². The van der Waals surface area contributed by atoms with Gasteiger partial charge >= 0.3 is 0 Å². The Kier molecular flexibility index (Phi) is 6.67. The minimum Gasteiger partial charge on any atom is -0.437 e. The fourth-order valence-corrected chi connectivity index (χ4v) is 7.39. The quantitative estimate of drug-likeness (QED) is 0.473. The van der Waals surface area contributed by atoms with E-state index in [2.05, 4.69) is 5.32 Å². The number of aromatic nitrogens is 1. The molecule has 2 fully saturated rings. The first-order valence-electron chi connectivity index (χ1n) is 12.2. The highest BCUT2D eigenvalue weighted by molar-refractivity contribution is 7.92. The first-order chi connectivity index (χ1) is 17.2. The number of hydrogen-bond acceptors (Lipinski definition) is 6. The van der Waals surface area contributed by atoms with Gasteiger partial charge in [-0.15, -0.1) is 0 Å². The van der Waals surface area contributed by atoms with Crippen LogP contribution >= 0.6 is 0 Å². The number of carbonyl (C=O) groups excluding carboxylic acids is 1. The number of anilines is 1. The van der Waals surface area contributed by atoms with E-state index in [1.807, 2.05) is 37.3 Å². The lowest BCUT2D eigenvalue weighted by molar-refractivity contribution is 0.0964. The maximum Gasteiger partial charge on any atom is 0.255 e. The molecule has 1 amide bonds. The Balaban J connectivity index is 1.64. The predicted molar refractivity (Wildman–Crippen MR) is 142 cm³/mol. The predicted octanol–water partition coefficient (Wildman–Crippen LogP) is 3.96. The van der Waals surface area contributed by atoms with Crippen LogP contribution in [0.5, 0.6) is 0 Å². The Morgan fingerprint density at radius 2 is 1.94 bits per heavy atom. The zero-order chi connectivity index (χ0) is 25.6. The fourth-order valence-electron chi connectivity index (χ4n) is 4.87. The van der Waals surface area contributed by atoms with Gasteiger partial charge in [-0.05, 0) is 56.1 Å². The average Bonchev–Trinajstić information content (AvgIpc) is 3.49. The molecular formula is C26H31N3O5S2. The highest BCUT2D eigenvalue weighted by Crippen LogP contribution is 2.47. The molecule has 2 unspecified atom stereocenters. The number of benzene rings is 1. The van der Waals surface area contributed by atoms with Crippen molar-refractivity contribution >= 4 is 43.6 Å². The number of hydrogen-bond donors (Lipinski definition) is 1. The van der Waals surface area contributed by atoms with Crippen LogP contribution in [0.15, 0.2) is 34.7 Å². The molecule has 5 rings (SSSR count). The van der Waals surface area contributed by atoms with Gasteiger partial charge in [-0.2, -0.15) is 4.98 Å². The summed E-state index contributed by atoms with van der Waals surface area (Å²) in [6.45, 7) is 2.26.